The Hall–Kier alpha value is -0.660. The monoisotopic (exact) mass is 279 g/mol. The number of hydrogen-bond acceptors (Lipinski definition) is 5. The molecule has 1 saturated carbocycles. The van der Waals surface area contributed by atoms with Crippen LogP contribution in [0, 0.1) is 0 Å². The zero-order valence-electron chi connectivity index (χ0n) is 10.7. The Morgan fingerprint density at radius 2 is 2.00 bits per heavy atom. The summed E-state index contributed by atoms with van der Waals surface area (Å²) in [7, 11) is -3.69. The second-order valence-corrected chi connectivity index (χ2v) is 6.26. The number of rotatable bonds is 7. The Kier molecular flexibility index (Phi) is 6.04. The van der Waals surface area contributed by atoms with Crippen LogP contribution in [0.1, 0.15) is 32.6 Å². The fraction of sp³-hybridized carbons (Fsp3) is 0.909. The molecule has 1 N–H and O–H groups in total. The van der Waals surface area contributed by atoms with Crippen molar-refractivity contribution in [3.63, 3.8) is 0 Å². The van der Waals surface area contributed by atoms with Gasteiger partial charge in [-0.1, -0.05) is 12.8 Å². The van der Waals surface area contributed by atoms with Crippen molar-refractivity contribution in [2.75, 3.05) is 25.5 Å². The van der Waals surface area contributed by atoms with Crippen molar-refractivity contribution in [1.29, 1.82) is 0 Å². The summed E-state index contributed by atoms with van der Waals surface area (Å²) < 4.78 is 30.1. The van der Waals surface area contributed by atoms with Crippen LogP contribution in [0.4, 0.5) is 0 Å². The summed E-state index contributed by atoms with van der Waals surface area (Å²) in [5.41, 5.74) is 0. The number of aliphatic hydroxyl groups is 1. The SMILES string of the molecule is CCOC(=O)CS(=O)(=O)N(CCO)C1CCCC1. The smallest absolute Gasteiger partial charge is 0.322 e. The molecule has 0 spiro atoms. The Labute approximate surface area is 108 Å². The van der Waals surface area contributed by atoms with Crippen molar-refractivity contribution >= 4 is 16.0 Å². The largest absolute Gasteiger partial charge is 0.465 e. The Balaban J connectivity index is 2.72. The number of carbonyl (C=O) groups is 1. The lowest BCUT2D eigenvalue weighted by atomic mass is 10.2. The van der Waals surface area contributed by atoms with Crippen LogP contribution in [-0.4, -0.2) is 55.4 Å². The van der Waals surface area contributed by atoms with E-state index in [0.29, 0.717) is 0 Å². The molecule has 0 heterocycles. The van der Waals surface area contributed by atoms with Gasteiger partial charge >= 0.3 is 5.97 Å². The first-order valence-corrected chi connectivity index (χ1v) is 7.88. The summed E-state index contributed by atoms with van der Waals surface area (Å²) in [4.78, 5) is 11.3. The number of aliphatic hydroxyl groups excluding tert-OH is 1. The number of esters is 1. The van der Waals surface area contributed by atoms with Crippen molar-refractivity contribution in [2.24, 2.45) is 0 Å². The minimum absolute atomic E-state index is 0.0480. The molecule has 0 atom stereocenters. The highest BCUT2D eigenvalue weighted by Gasteiger charge is 2.33. The molecule has 1 rings (SSSR count). The van der Waals surface area contributed by atoms with E-state index in [1.165, 1.54) is 4.31 Å². The van der Waals surface area contributed by atoms with E-state index in [4.69, 9.17) is 5.11 Å². The molecule has 1 aliphatic rings. The van der Waals surface area contributed by atoms with Gasteiger partial charge in [-0.2, -0.15) is 4.31 Å². The third-order valence-corrected chi connectivity index (χ3v) is 4.81. The summed E-state index contributed by atoms with van der Waals surface area (Å²) in [6.07, 6.45) is 3.56. The normalized spacial score (nSPS) is 17.3. The molecule has 0 aromatic rings. The zero-order valence-corrected chi connectivity index (χ0v) is 11.5. The van der Waals surface area contributed by atoms with Crippen molar-refractivity contribution in [3.8, 4) is 0 Å². The van der Waals surface area contributed by atoms with E-state index >= 15 is 0 Å². The summed E-state index contributed by atoms with van der Waals surface area (Å²) in [6, 6.07) is -0.0865. The first-order valence-electron chi connectivity index (χ1n) is 6.27. The van der Waals surface area contributed by atoms with E-state index in [1.54, 1.807) is 6.92 Å². The standard InChI is InChI=1S/C11H21NO5S/c1-2-17-11(14)9-18(15,16)12(7-8-13)10-5-3-4-6-10/h10,13H,2-9H2,1H3. The molecule has 1 aliphatic carbocycles. The predicted octanol–water partition coefficient (Wildman–Crippen LogP) is 0.116. The maximum atomic E-state index is 12.1. The first kappa shape index (κ1) is 15.4. The molecule has 0 aliphatic heterocycles. The second-order valence-electron chi connectivity index (χ2n) is 4.33. The fourth-order valence-corrected chi connectivity index (χ4v) is 3.85. The molecule has 0 aromatic heterocycles. The molecule has 0 unspecified atom stereocenters. The Bertz CT molecular complexity index is 362. The lowest BCUT2D eigenvalue weighted by Crippen LogP contribution is -2.43. The summed E-state index contributed by atoms with van der Waals surface area (Å²) in [5, 5.41) is 8.98. The van der Waals surface area contributed by atoms with E-state index < -0.39 is 21.7 Å². The van der Waals surface area contributed by atoms with Crippen LogP contribution < -0.4 is 0 Å². The van der Waals surface area contributed by atoms with Gasteiger partial charge < -0.3 is 9.84 Å². The van der Waals surface area contributed by atoms with Crippen LogP contribution >= 0.6 is 0 Å². The minimum atomic E-state index is -3.69. The molecule has 6 nitrogen and oxygen atoms in total. The van der Waals surface area contributed by atoms with Crippen LogP contribution in [0.15, 0.2) is 0 Å². The van der Waals surface area contributed by atoms with Gasteiger partial charge in [0.05, 0.1) is 13.2 Å². The molecule has 0 bridgehead atoms. The average molecular weight is 279 g/mol. The van der Waals surface area contributed by atoms with E-state index in [-0.39, 0.29) is 25.8 Å². The van der Waals surface area contributed by atoms with Crippen LogP contribution in [0.5, 0.6) is 0 Å². The van der Waals surface area contributed by atoms with Crippen LogP contribution in [0.3, 0.4) is 0 Å². The highest BCUT2D eigenvalue weighted by Crippen LogP contribution is 2.25. The maximum absolute atomic E-state index is 12.1. The van der Waals surface area contributed by atoms with Gasteiger partial charge in [0.15, 0.2) is 5.75 Å². The highest BCUT2D eigenvalue weighted by molar-refractivity contribution is 7.89. The van der Waals surface area contributed by atoms with Crippen molar-refractivity contribution in [1.82, 2.24) is 4.31 Å². The van der Waals surface area contributed by atoms with Crippen molar-refractivity contribution in [3.05, 3.63) is 0 Å². The molecular weight excluding hydrogens is 258 g/mol. The number of nitrogens with zero attached hydrogens (tertiary/aromatic N) is 1. The van der Waals surface area contributed by atoms with E-state index in [0.717, 1.165) is 25.7 Å². The number of ether oxygens (including phenoxy) is 1. The number of carbonyl (C=O) groups excluding carboxylic acids is 1. The molecule has 0 amide bonds. The van der Waals surface area contributed by atoms with Crippen LogP contribution in [0.2, 0.25) is 0 Å². The van der Waals surface area contributed by atoms with E-state index in [1.807, 2.05) is 0 Å². The van der Waals surface area contributed by atoms with Gasteiger partial charge in [0.1, 0.15) is 0 Å². The lowest BCUT2D eigenvalue weighted by Gasteiger charge is -2.26. The zero-order chi connectivity index (χ0) is 13.6. The van der Waals surface area contributed by atoms with Crippen molar-refractivity contribution in [2.45, 2.75) is 38.6 Å². The predicted molar refractivity (Wildman–Crippen MR) is 66.5 cm³/mol. The molecule has 1 fully saturated rings. The lowest BCUT2D eigenvalue weighted by molar-refractivity contribution is -0.140. The number of hydrogen-bond donors (Lipinski definition) is 1. The molecule has 18 heavy (non-hydrogen) atoms. The maximum Gasteiger partial charge on any atom is 0.322 e. The average Bonchev–Trinajstić information content (AvgIpc) is 2.78. The summed E-state index contributed by atoms with van der Waals surface area (Å²) in [5.74, 6) is -1.38. The summed E-state index contributed by atoms with van der Waals surface area (Å²) >= 11 is 0. The minimum Gasteiger partial charge on any atom is -0.465 e. The Morgan fingerprint density at radius 3 is 2.50 bits per heavy atom. The van der Waals surface area contributed by atoms with Gasteiger partial charge in [-0.25, -0.2) is 8.42 Å². The van der Waals surface area contributed by atoms with Crippen molar-refractivity contribution < 1.29 is 23.1 Å². The molecule has 106 valence electrons. The number of sulfonamides is 1. The van der Waals surface area contributed by atoms with Gasteiger partial charge in [0, 0.05) is 12.6 Å². The topological polar surface area (TPSA) is 83.9 Å². The second kappa shape index (κ2) is 7.06. The third kappa shape index (κ3) is 4.22. The molecule has 0 radical (unpaired) electrons. The first-order chi connectivity index (χ1) is 8.51. The Morgan fingerprint density at radius 1 is 1.39 bits per heavy atom. The molecule has 0 aromatic carbocycles. The molecule has 0 saturated heterocycles. The van der Waals surface area contributed by atoms with E-state index in [2.05, 4.69) is 4.74 Å². The fourth-order valence-electron chi connectivity index (χ4n) is 2.27. The quantitative estimate of drug-likeness (QED) is 0.669. The van der Waals surface area contributed by atoms with Gasteiger partial charge in [-0.15, -0.1) is 0 Å². The van der Waals surface area contributed by atoms with Gasteiger partial charge in [-0.05, 0) is 19.8 Å². The van der Waals surface area contributed by atoms with Gasteiger partial charge in [0.25, 0.3) is 0 Å². The van der Waals surface area contributed by atoms with Crippen LogP contribution in [-0.2, 0) is 19.6 Å². The summed E-state index contributed by atoms with van der Waals surface area (Å²) in [6.45, 7) is 1.61. The molecule has 7 heteroatoms. The van der Waals surface area contributed by atoms with Gasteiger partial charge in [-0.3, -0.25) is 4.79 Å². The third-order valence-electron chi connectivity index (χ3n) is 3.02. The van der Waals surface area contributed by atoms with E-state index in [9.17, 15) is 13.2 Å². The van der Waals surface area contributed by atoms with Crippen LogP contribution in [0.25, 0.3) is 0 Å². The van der Waals surface area contributed by atoms with Gasteiger partial charge in [0.2, 0.25) is 10.0 Å². The molecular formula is C11H21NO5S. The highest BCUT2D eigenvalue weighted by atomic mass is 32.2.